The highest BCUT2D eigenvalue weighted by molar-refractivity contribution is 8.15. The summed E-state index contributed by atoms with van der Waals surface area (Å²) in [6.45, 7) is 0. The molecule has 0 radical (unpaired) electrons. The molecule has 1 aliphatic heterocycles. The van der Waals surface area contributed by atoms with Crippen molar-refractivity contribution in [2.45, 2.75) is 16.6 Å². The number of aliphatic carboxylic acids is 1. The summed E-state index contributed by atoms with van der Waals surface area (Å²) in [6.07, 6.45) is 0.849. The molecule has 1 heterocycles. The standard InChI is InChI=1S/C14H15FN4O5S2/c1-19(2)26(23,24)11-5-8(3-4-9(11)15)7-16-18-14-17-13(22)10(25-14)6-12(20)21/h3-5,7,10H,6H2,1-2H3,(H,20,21)(H,17,18,22). The molecule has 1 amide bonds. The summed E-state index contributed by atoms with van der Waals surface area (Å²) >= 11 is 0.928. The van der Waals surface area contributed by atoms with Crippen molar-refractivity contribution in [2.24, 2.45) is 10.2 Å². The van der Waals surface area contributed by atoms with Gasteiger partial charge in [0, 0.05) is 14.1 Å². The molecule has 0 bridgehead atoms. The fourth-order valence-corrected chi connectivity index (χ4v) is 3.80. The second-order valence-electron chi connectivity index (χ2n) is 5.32. The van der Waals surface area contributed by atoms with Crippen molar-refractivity contribution in [3.63, 3.8) is 0 Å². The molecule has 1 aromatic rings. The molecule has 1 saturated heterocycles. The summed E-state index contributed by atoms with van der Waals surface area (Å²) < 4.78 is 38.8. The molecule has 140 valence electrons. The molecular formula is C14H15FN4O5S2. The molecule has 0 spiro atoms. The Labute approximate surface area is 153 Å². The minimum absolute atomic E-state index is 0.126. The van der Waals surface area contributed by atoms with Crippen LogP contribution in [0.2, 0.25) is 0 Å². The van der Waals surface area contributed by atoms with Crippen molar-refractivity contribution in [1.29, 1.82) is 0 Å². The molecule has 2 rings (SSSR count). The van der Waals surface area contributed by atoms with Gasteiger partial charge in [-0.2, -0.15) is 5.10 Å². The third kappa shape index (κ3) is 4.65. The lowest BCUT2D eigenvalue weighted by atomic mass is 10.2. The Balaban J connectivity index is 2.17. The largest absolute Gasteiger partial charge is 0.481 e. The summed E-state index contributed by atoms with van der Waals surface area (Å²) in [5, 5.41) is 17.9. The third-order valence-electron chi connectivity index (χ3n) is 3.21. The first kappa shape index (κ1) is 20.0. The van der Waals surface area contributed by atoms with Gasteiger partial charge in [-0.05, 0) is 17.7 Å². The smallest absolute Gasteiger partial charge is 0.305 e. The summed E-state index contributed by atoms with van der Waals surface area (Å²) in [5.74, 6) is -2.48. The number of nitrogens with one attached hydrogen (secondary N) is 1. The van der Waals surface area contributed by atoms with Gasteiger partial charge >= 0.3 is 5.97 Å². The van der Waals surface area contributed by atoms with Crippen LogP contribution in [0.15, 0.2) is 33.3 Å². The zero-order valence-electron chi connectivity index (χ0n) is 13.7. The highest BCUT2D eigenvalue weighted by Crippen LogP contribution is 2.22. The lowest BCUT2D eigenvalue weighted by Crippen LogP contribution is -2.26. The van der Waals surface area contributed by atoms with E-state index in [1.54, 1.807) is 0 Å². The van der Waals surface area contributed by atoms with E-state index in [9.17, 15) is 22.4 Å². The maximum atomic E-state index is 13.8. The van der Waals surface area contributed by atoms with Crippen molar-refractivity contribution in [1.82, 2.24) is 9.62 Å². The van der Waals surface area contributed by atoms with Gasteiger partial charge in [0.05, 0.1) is 12.6 Å². The Bertz CT molecular complexity index is 899. The van der Waals surface area contributed by atoms with Crippen LogP contribution in [0.5, 0.6) is 0 Å². The van der Waals surface area contributed by atoms with Crippen LogP contribution in [0, 0.1) is 5.82 Å². The van der Waals surface area contributed by atoms with Crippen LogP contribution in [0.4, 0.5) is 4.39 Å². The van der Waals surface area contributed by atoms with E-state index < -0.39 is 37.9 Å². The Kier molecular flexibility index (Phi) is 6.10. The molecule has 1 atom stereocenters. The topological polar surface area (TPSA) is 128 Å². The van der Waals surface area contributed by atoms with Crippen LogP contribution in [-0.2, 0) is 19.6 Å². The van der Waals surface area contributed by atoms with Crippen molar-refractivity contribution in [3.8, 4) is 0 Å². The van der Waals surface area contributed by atoms with Crippen molar-refractivity contribution in [2.75, 3.05) is 14.1 Å². The molecule has 2 N–H and O–H groups in total. The number of hydrogen-bond donors (Lipinski definition) is 2. The van der Waals surface area contributed by atoms with Crippen LogP contribution >= 0.6 is 11.8 Å². The van der Waals surface area contributed by atoms with Gasteiger partial charge in [-0.1, -0.05) is 17.8 Å². The first-order valence-corrected chi connectivity index (χ1v) is 9.45. The number of carbonyl (C=O) groups excluding carboxylic acids is 1. The summed E-state index contributed by atoms with van der Waals surface area (Å²) in [7, 11) is -1.38. The molecule has 1 aromatic carbocycles. The molecule has 1 unspecified atom stereocenters. The summed E-state index contributed by atoms with van der Waals surface area (Å²) in [5.41, 5.74) is 0.285. The minimum atomic E-state index is -3.95. The van der Waals surface area contributed by atoms with E-state index in [1.165, 1.54) is 26.4 Å². The van der Waals surface area contributed by atoms with Crippen molar-refractivity contribution >= 4 is 45.0 Å². The maximum Gasteiger partial charge on any atom is 0.305 e. The van der Waals surface area contributed by atoms with Crippen LogP contribution < -0.4 is 5.32 Å². The van der Waals surface area contributed by atoms with E-state index in [2.05, 4.69) is 15.5 Å². The lowest BCUT2D eigenvalue weighted by molar-refractivity contribution is -0.138. The molecule has 9 nitrogen and oxygen atoms in total. The lowest BCUT2D eigenvalue weighted by Gasteiger charge is -2.12. The van der Waals surface area contributed by atoms with E-state index in [-0.39, 0.29) is 17.2 Å². The van der Waals surface area contributed by atoms with E-state index >= 15 is 0 Å². The Morgan fingerprint density at radius 1 is 1.46 bits per heavy atom. The Hall–Kier alpha value is -2.31. The van der Waals surface area contributed by atoms with Crippen LogP contribution in [0.3, 0.4) is 0 Å². The average molecular weight is 402 g/mol. The highest BCUT2D eigenvalue weighted by Gasteiger charge is 2.32. The molecule has 0 aliphatic carbocycles. The van der Waals surface area contributed by atoms with Gasteiger partial charge in [-0.3, -0.25) is 9.59 Å². The Morgan fingerprint density at radius 2 is 2.15 bits per heavy atom. The number of benzene rings is 1. The number of carboxylic acids is 1. The molecule has 1 fully saturated rings. The molecule has 0 aromatic heterocycles. The number of thioether (sulfide) groups is 1. The SMILES string of the molecule is CN(C)S(=O)(=O)c1cc(C=NN=C2NC(=O)C(CC(=O)O)S2)ccc1F. The monoisotopic (exact) mass is 402 g/mol. The van der Waals surface area contributed by atoms with Gasteiger partial charge in [0.15, 0.2) is 5.17 Å². The second-order valence-corrected chi connectivity index (χ2v) is 8.63. The molecule has 0 saturated carbocycles. The number of carboxylic acid groups (broad SMARTS) is 1. The summed E-state index contributed by atoms with van der Waals surface area (Å²) in [6, 6.07) is 3.43. The number of amides is 1. The second kappa shape index (κ2) is 7.93. The zero-order chi connectivity index (χ0) is 19.5. The number of halogens is 1. The number of carbonyl (C=O) groups is 2. The maximum absolute atomic E-state index is 13.8. The third-order valence-corrected chi connectivity index (χ3v) is 6.11. The fraction of sp³-hybridized carbons (Fsp3) is 0.286. The normalized spacial score (nSPS) is 19.5. The molecule has 26 heavy (non-hydrogen) atoms. The average Bonchev–Trinajstić information content (AvgIpc) is 2.87. The van der Waals surface area contributed by atoms with E-state index in [4.69, 9.17) is 5.11 Å². The molecular weight excluding hydrogens is 387 g/mol. The van der Waals surface area contributed by atoms with Crippen molar-refractivity contribution < 1.29 is 27.5 Å². The number of hydrogen-bond acceptors (Lipinski definition) is 7. The number of rotatable bonds is 6. The fourth-order valence-electron chi connectivity index (χ4n) is 1.89. The van der Waals surface area contributed by atoms with Crippen LogP contribution in [-0.4, -0.2) is 60.4 Å². The number of nitrogens with zero attached hydrogens (tertiary/aromatic N) is 3. The number of amidine groups is 1. The van der Waals surface area contributed by atoms with E-state index in [0.717, 1.165) is 28.2 Å². The van der Waals surface area contributed by atoms with Gasteiger partial charge in [-0.15, -0.1) is 5.10 Å². The predicted octanol–water partition coefficient (Wildman–Crippen LogP) is 0.472. The van der Waals surface area contributed by atoms with Gasteiger partial charge < -0.3 is 10.4 Å². The summed E-state index contributed by atoms with van der Waals surface area (Å²) in [4.78, 5) is 21.7. The molecule has 1 aliphatic rings. The quantitative estimate of drug-likeness (QED) is 0.526. The van der Waals surface area contributed by atoms with Gasteiger partial charge in [0.25, 0.3) is 0 Å². The van der Waals surface area contributed by atoms with Crippen LogP contribution in [0.1, 0.15) is 12.0 Å². The highest BCUT2D eigenvalue weighted by atomic mass is 32.2. The van der Waals surface area contributed by atoms with Crippen LogP contribution in [0.25, 0.3) is 0 Å². The molecule has 12 heteroatoms. The van der Waals surface area contributed by atoms with Gasteiger partial charge in [-0.25, -0.2) is 17.1 Å². The van der Waals surface area contributed by atoms with E-state index in [1.807, 2.05) is 0 Å². The predicted molar refractivity (Wildman–Crippen MR) is 94.1 cm³/mol. The van der Waals surface area contributed by atoms with Crippen molar-refractivity contribution in [3.05, 3.63) is 29.6 Å². The zero-order valence-corrected chi connectivity index (χ0v) is 15.3. The van der Waals surface area contributed by atoms with E-state index in [0.29, 0.717) is 0 Å². The Morgan fingerprint density at radius 3 is 2.77 bits per heavy atom. The first-order chi connectivity index (χ1) is 12.1. The minimum Gasteiger partial charge on any atom is -0.481 e. The first-order valence-electron chi connectivity index (χ1n) is 7.13. The van der Waals surface area contributed by atoms with Gasteiger partial charge in [0.1, 0.15) is 16.0 Å². The van der Waals surface area contributed by atoms with Gasteiger partial charge in [0.2, 0.25) is 15.9 Å². The number of sulfonamides is 1.